The van der Waals surface area contributed by atoms with E-state index in [0.29, 0.717) is 5.56 Å². The highest BCUT2D eigenvalue weighted by molar-refractivity contribution is 5.94. The van der Waals surface area contributed by atoms with Gasteiger partial charge in [0.05, 0.1) is 5.69 Å². The SMILES string of the molecule is Cc1cc(N2CCN(C3CCCC3)CC2)c(C(=O)O)cn1. The number of aromatic carboxylic acids is 1. The minimum absolute atomic E-state index is 0.315. The number of nitrogens with zero attached hydrogens (tertiary/aromatic N) is 3. The van der Waals surface area contributed by atoms with Crippen LogP contribution in [0.2, 0.25) is 0 Å². The molecule has 0 bridgehead atoms. The summed E-state index contributed by atoms with van der Waals surface area (Å²) in [6, 6.07) is 2.65. The summed E-state index contributed by atoms with van der Waals surface area (Å²) in [5.41, 5.74) is 2.00. The molecule has 5 heteroatoms. The summed E-state index contributed by atoms with van der Waals surface area (Å²) < 4.78 is 0. The van der Waals surface area contributed by atoms with Crippen molar-refractivity contribution in [2.24, 2.45) is 0 Å². The van der Waals surface area contributed by atoms with Crippen molar-refractivity contribution in [3.8, 4) is 0 Å². The fourth-order valence-corrected chi connectivity index (χ4v) is 3.57. The van der Waals surface area contributed by atoms with E-state index in [4.69, 9.17) is 0 Å². The van der Waals surface area contributed by atoms with Crippen molar-refractivity contribution in [1.29, 1.82) is 0 Å². The van der Waals surface area contributed by atoms with E-state index >= 15 is 0 Å². The lowest BCUT2D eigenvalue weighted by molar-refractivity contribution is 0.0696. The van der Waals surface area contributed by atoms with Gasteiger partial charge in [-0.1, -0.05) is 12.8 Å². The van der Waals surface area contributed by atoms with E-state index in [9.17, 15) is 9.90 Å². The summed E-state index contributed by atoms with van der Waals surface area (Å²) in [6.07, 6.45) is 6.86. The first-order valence-corrected chi connectivity index (χ1v) is 7.84. The van der Waals surface area contributed by atoms with Gasteiger partial charge in [-0.05, 0) is 25.8 Å². The summed E-state index contributed by atoms with van der Waals surface area (Å²) in [5, 5.41) is 9.33. The first kappa shape index (κ1) is 14.3. The van der Waals surface area contributed by atoms with Gasteiger partial charge in [-0.3, -0.25) is 9.88 Å². The van der Waals surface area contributed by atoms with Crippen LogP contribution < -0.4 is 4.90 Å². The molecule has 1 saturated heterocycles. The van der Waals surface area contributed by atoms with Crippen LogP contribution in [0.3, 0.4) is 0 Å². The van der Waals surface area contributed by atoms with Crippen LogP contribution in [0.5, 0.6) is 0 Å². The fourth-order valence-electron chi connectivity index (χ4n) is 3.57. The molecule has 1 aromatic heterocycles. The van der Waals surface area contributed by atoms with Crippen LogP contribution >= 0.6 is 0 Å². The number of pyridine rings is 1. The van der Waals surface area contributed by atoms with E-state index < -0.39 is 5.97 Å². The molecule has 0 atom stereocenters. The number of aryl methyl sites for hydroxylation is 1. The molecule has 2 heterocycles. The van der Waals surface area contributed by atoms with Crippen molar-refractivity contribution >= 4 is 11.7 Å². The molecule has 21 heavy (non-hydrogen) atoms. The Bertz CT molecular complexity index is 518. The van der Waals surface area contributed by atoms with Gasteiger partial charge in [0, 0.05) is 44.1 Å². The topological polar surface area (TPSA) is 56.7 Å². The van der Waals surface area contributed by atoms with Crippen LogP contribution in [0.15, 0.2) is 12.3 Å². The Kier molecular flexibility index (Phi) is 4.10. The maximum atomic E-state index is 11.4. The third-order valence-corrected chi connectivity index (χ3v) is 4.75. The molecule has 1 saturated carbocycles. The molecule has 0 aromatic carbocycles. The van der Waals surface area contributed by atoms with Crippen molar-refractivity contribution in [1.82, 2.24) is 9.88 Å². The van der Waals surface area contributed by atoms with E-state index in [-0.39, 0.29) is 0 Å². The first-order valence-electron chi connectivity index (χ1n) is 7.84. The van der Waals surface area contributed by atoms with Crippen molar-refractivity contribution in [2.75, 3.05) is 31.1 Å². The maximum Gasteiger partial charge on any atom is 0.339 e. The lowest BCUT2D eigenvalue weighted by Gasteiger charge is -2.39. The van der Waals surface area contributed by atoms with Crippen LogP contribution in [0.25, 0.3) is 0 Å². The van der Waals surface area contributed by atoms with Crippen LogP contribution in [-0.2, 0) is 0 Å². The number of carboxylic acid groups (broad SMARTS) is 1. The number of aromatic nitrogens is 1. The second-order valence-corrected chi connectivity index (χ2v) is 6.11. The zero-order chi connectivity index (χ0) is 14.8. The van der Waals surface area contributed by atoms with Gasteiger partial charge in [-0.2, -0.15) is 0 Å². The van der Waals surface area contributed by atoms with Gasteiger partial charge in [-0.15, -0.1) is 0 Å². The molecule has 2 fully saturated rings. The highest BCUT2D eigenvalue weighted by atomic mass is 16.4. The second-order valence-electron chi connectivity index (χ2n) is 6.11. The van der Waals surface area contributed by atoms with Gasteiger partial charge in [-0.25, -0.2) is 4.79 Å². The predicted molar refractivity (Wildman–Crippen MR) is 82.0 cm³/mol. The van der Waals surface area contributed by atoms with E-state index in [1.54, 1.807) is 0 Å². The quantitative estimate of drug-likeness (QED) is 0.924. The highest BCUT2D eigenvalue weighted by Crippen LogP contribution is 2.27. The Labute approximate surface area is 125 Å². The van der Waals surface area contributed by atoms with Crippen LogP contribution in [0.4, 0.5) is 5.69 Å². The Morgan fingerprint density at radius 1 is 1.24 bits per heavy atom. The fraction of sp³-hybridized carbons (Fsp3) is 0.625. The van der Waals surface area contributed by atoms with Gasteiger partial charge in [0.15, 0.2) is 0 Å². The highest BCUT2D eigenvalue weighted by Gasteiger charge is 2.27. The van der Waals surface area contributed by atoms with Gasteiger partial charge >= 0.3 is 5.97 Å². The number of hydrogen-bond acceptors (Lipinski definition) is 4. The standard InChI is InChI=1S/C16H23N3O2/c1-12-10-15(14(11-17-12)16(20)21)19-8-6-18(7-9-19)13-4-2-3-5-13/h10-11,13H,2-9H2,1H3,(H,20,21). The Hall–Kier alpha value is -1.62. The Morgan fingerprint density at radius 3 is 2.52 bits per heavy atom. The molecule has 5 nitrogen and oxygen atoms in total. The number of piperazine rings is 1. The molecular formula is C16H23N3O2. The minimum atomic E-state index is -0.893. The summed E-state index contributed by atoms with van der Waals surface area (Å²) in [5.74, 6) is -0.893. The Morgan fingerprint density at radius 2 is 1.90 bits per heavy atom. The molecule has 0 radical (unpaired) electrons. The van der Waals surface area contributed by atoms with E-state index in [0.717, 1.165) is 43.6 Å². The van der Waals surface area contributed by atoms with Gasteiger partial charge in [0.2, 0.25) is 0 Å². The van der Waals surface area contributed by atoms with Crippen molar-refractivity contribution in [3.63, 3.8) is 0 Å². The molecule has 114 valence electrons. The number of rotatable bonds is 3. The summed E-state index contributed by atoms with van der Waals surface area (Å²) in [6.45, 7) is 5.78. The molecule has 1 aliphatic heterocycles. The zero-order valence-electron chi connectivity index (χ0n) is 12.6. The molecule has 0 spiro atoms. The Balaban J connectivity index is 1.71. The smallest absolute Gasteiger partial charge is 0.339 e. The average Bonchev–Trinajstić information content (AvgIpc) is 3.01. The molecule has 0 unspecified atom stereocenters. The third-order valence-electron chi connectivity index (χ3n) is 4.75. The van der Waals surface area contributed by atoms with Crippen LogP contribution in [0, 0.1) is 6.92 Å². The van der Waals surface area contributed by atoms with Gasteiger partial charge in [0.25, 0.3) is 0 Å². The molecule has 1 aromatic rings. The minimum Gasteiger partial charge on any atom is -0.478 e. The van der Waals surface area contributed by atoms with Crippen LogP contribution in [0.1, 0.15) is 41.7 Å². The number of carbonyl (C=O) groups is 1. The average molecular weight is 289 g/mol. The first-order chi connectivity index (χ1) is 10.1. The third kappa shape index (κ3) is 3.02. The van der Waals surface area contributed by atoms with E-state index in [2.05, 4.69) is 14.8 Å². The van der Waals surface area contributed by atoms with Crippen molar-refractivity contribution in [3.05, 3.63) is 23.5 Å². The maximum absolute atomic E-state index is 11.4. The molecule has 2 aliphatic rings. The van der Waals surface area contributed by atoms with E-state index in [1.807, 2.05) is 13.0 Å². The molecule has 0 amide bonds. The normalized spacial score (nSPS) is 20.9. The lowest BCUT2D eigenvalue weighted by Crippen LogP contribution is -2.50. The molecule has 1 N–H and O–H groups in total. The predicted octanol–water partition coefficient (Wildman–Crippen LogP) is 2.15. The second kappa shape index (κ2) is 6.02. The monoisotopic (exact) mass is 289 g/mol. The van der Waals surface area contributed by atoms with Gasteiger partial charge < -0.3 is 10.0 Å². The van der Waals surface area contributed by atoms with Crippen LogP contribution in [-0.4, -0.2) is 53.2 Å². The summed E-state index contributed by atoms with van der Waals surface area (Å²) >= 11 is 0. The summed E-state index contributed by atoms with van der Waals surface area (Å²) in [7, 11) is 0. The van der Waals surface area contributed by atoms with Crippen molar-refractivity contribution < 1.29 is 9.90 Å². The van der Waals surface area contributed by atoms with Crippen molar-refractivity contribution in [2.45, 2.75) is 38.6 Å². The number of hydrogen-bond donors (Lipinski definition) is 1. The number of anilines is 1. The van der Waals surface area contributed by atoms with E-state index in [1.165, 1.54) is 31.9 Å². The number of carboxylic acids is 1. The summed E-state index contributed by atoms with van der Waals surface area (Å²) in [4.78, 5) is 20.3. The molecule has 3 rings (SSSR count). The zero-order valence-corrected chi connectivity index (χ0v) is 12.6. The molecular weight excluding hydrogens is 266 g/mol. The van der Waals surface area contributed by atoms with Gasteiger partial charge in [0.1, 0.15) is 5.56 Å². The largest absolute Gasteiger partial charge is 0.478 e. The lowest BCUT2D eigenvalue weighted by atomic mass is 10.1. The molecule has 1 aliphatic carbocycles.